The second kappa shape index (κ2) is 8.24. The van der Waals surface area contributed by atoms with Crippen molar-refractivity contribution in [3.8, 4) is 0 Å². The summed E-state index contributed by atoms with van der Waals surface area (Å²) in [4.78, 5) is 17.2. The fraction of sp³-hybridized carbons (Fsp3) is 0.435. The lowest BCUT2D eigenvalue weighted by molar-refractivity contribution is -0.122. The number of hydrogen-bond donors (Lipinski definition) is 1. The maximum Gasteiger partial charge on any atom is 0.234 e. The van der Waals surface area contributed by atoms with E-state index in [0.717, 1.165) is 39.3 Å². The molecule has 1 saturated carbocycles. The zero-order valence-corrected chi connectivity index (χ0v) is 15.9. The van der Waals surface area contributed by atoms with Gasteiger partial charge in [0.25, 0.3) is 0 Å². The van der Waals surface area contributed by atoms with E-state index in [1.54, 1.807) is 0 Å². The van der Waals surface area contributed by atoms with Gasteiger partial charge in [0.1, 0.15) is 0 Å². The molecule has 0 aromatic heterocycles. The molecule has 1 saturated heterocycles. The Kier molecular flexibility index (Phi) is 5.55. The van der Waals surface area contributed by atoms with Crippen LogP contribution < -0.4 is 5.32 Å². The molecule has 2 aliphatic rings. The van der Waals surface area contributed by atoms with Crippen molar-refractivity contribution in [3.05, 3.63) is 71.8 Å². The largest absolute Gasteiger partial charge is 0.354 e. The Morgan fingerprint density at radius 2 is 1.44 bits per heavy atom. The molecule has 0 unspecified atom stereocenters. The summed E-state index contributed by atoms with van der Waals surface area (Å²) in [6, 6.07) is 21.2. The number of piperazine rings is 1. The zero-order valence-electron chi connectivity index (χ0n) is 15.9. The van der Waals surface area contributed by atoms with Crippen LogP contribution in [0.5, 0.6) is 0 Å². The number of rotatable bonds is 7. The molecule has 2 fully saturated rings. The summed E-state index contributed by atoms with van der Waals surface area (Å²) >= 11 is 0. The van der Waals surface area contributed by atoms with Gasteiger partial charge in [0.05, 0.1) is 6.54 Å². The number of benzene rings is 2. The standard InChI is InChI=1S/C23H29N3O/c27-22(24-19-23(11-12-23)21-9-5-2-6-10-21)18-26-15-13-25(14-16-26)17-20-7-3-1-4-8-20/h1-10H,11-19H2,(H,24,27). The number of carbonyl (C=O) groups excluding carboxylic acids is 1. The van der Waals surface area contributed by atoms with Gasteiger partial charge in [-0.25, -0.2) is 0 Å². The van der Waals surface area contributed by atoms with Crippen LogP contribution in [0.4, 0.5) is 0 Å². The van der Waals surface area contributed by atoms with Crippen LogP contribution in [0, 0.1) is 0 Å². The molecule has 0 bridgehead atoms. The highest BCUT2D eigenvalue weighted by molar-refractivity contribution is 5.78. The summed E-state index contributed by atoms with van der Waals surface area (Å²) in [5.41, 5.74) is 2.91. The molecule has 27 heavy (non-hydrogen) atoms. The van der Waals surface area contributed by atoms with E-state index in [9.17, 15) is 4.79 Å². The van der Waals surface area contributed by atoms with E-state index in [4.69, 9.17) is 0 Å². The van der Waals surface area contributed by atoms with Crippen molar-refractivity contribution in [2.24, 2.45) is 0 Å². The lowest BCUT2D eigenvalue weighted by Gasteiger charge is -2.34. The Morgan fingerprint density at radius 3 is 2.07 bits per heavy atom. The Bertz CT molecular complexity index is 735. The summed E-state index contributed by atoms with van der Waals surface area (Å²) in [6.45, 7) is 6.26. The molecule has 0 atom stereocenters. The summed E-state index contributed by atoms with van der Waals surface area (Å²) in [7, 11) is 0. The first kappa shape index (κ1) is 18.2. The van der Waals surface area contributed by atoms with Gasteiger partial charge in [-0.1, -0.05) is 60.7 Å². The van der Waals surface area contributed by atoms with Gasteiger partial charge in [0.2, 0.25) is 5.91 Å². The van der Waals surface area contributed by atoms with Crippen molar-refractivity contribution >= 4 is 5.91 Å². The first-order valence-corrected chi connectivity index (χ1v) is 10.0. The second-order valence-corrected chi connectivity index (χ2v) is 7.96. The van der Waals surface area contributed by atoms with Gasteiger partial charge in [-0.05, 0) is 24.0 Å². The highest BCUT2D eigenvalue weighted by Gasteiger charge is 2.44. The van der Waals surface area contributed by atoms with Gasteiger partial charge in [-0.2, -0.15) is 0 Å². The van der Waals surface area contributed by atoms with Gasteiger partial charge >= 0.3 is 0 Å². The minimum absolute atomic E-state index is 0.161. The highest BCUT2D eigenvalue weighted by Crippen LogP contribution is 2.47. The first-order valence-electron chi connectivity index (χ1n) is 10.0. The minimum Gasteiger partial charge on any atom is -0.354 e. The Balaban J connectivity index is 1.19. The summed E-state index contributed by atoms with van der Waals surface area (Å²) in [6.07, 6.45) is 2.35. The molecule has 2 aromatic carbocycles. The molecule has 1 amide bonds. The van der Waals surface area contributed by atoms with Gasteiger partial charge in [-0.15, -0.1) is 0 Å². The van der Waals surface area contributed by atoms with Crippen LogP contribution in [0.2, 0.25) is 0 Å². The molecule has 142 valence electrons. The first-order chi connectivity index (χ1) is 13.2. The van der Waals surface area contributed by atoms with Crippen LogP contribution in [0.1, 0.15) is 24.0 Å². The molecule has 1 heterocycles. The summed E-state index contributed by atoms with van der Waals surface area (Å²) in [5.74, 6) is 0.161. The molecular formula is C23H29N3O. The van der Waals surface area contributed by atoms with Gasteiger partial charge in [-0.3, -0.25) is 14.6 Å². The predicted molar refractivity (Wildman–Crippen MR) is 109 cm³/mol. The minimum atomic E-state index is 0.161. The van der Waals surface area contributed by atoms with Crippen LogP contribution in [-0.4, -0.2) is 55.0 Å². The van der Waals surface area contributed by atoms with E-state index in [1.807, 2.05) is 0 Å². The third-order valence-electron chi connectivity index (χ3n) is 5.94. The molecule has 1 aliphatic heterocycles. The average molecular weight is 364 g/mol. The Morgan fingerprint density at radius 1 is 0.852 bits per heavy atom. The van der Waals surface area contributed by atoms with Crippen LogP contribution in [0.25, 0.3) is 0 Å². The van der Waals surface area contributed by atoms with Crippen molar-refractivity contribution in [2.75, 3.05) is 39.3 Å². The van der Waals surface area contributed by atoms with Crippen LogP contribution in [0.3, 0.4) is 0 Å². The molecule has 1 N–H and O–H groups in total. The molecule has 4 heteroatoms. The smallest absolute Gasteiger partial charge is 0.234 e. The van der Waals surface area contributed by atoms with E-state index in [0.29, 0.717) is 6.54 Å². The van der Waals surface area contributed by atoms with Crippen molar-refractivity contribution in [3.63, 3.8) is 0 Å². The van der Waals surface area contributed by atoms with Gasteiger partial charge in [0, 0.05) is 44.7 Å². The number of nitrogens with zero attached hydrogens (tertiary/aromatic N) is 2. The molecule has 1 aliphatic carbocycles. The SMILES string of the molecule is O=C(CN1CCN(Cc2ccccc2)CC1)NCC1(c2ccccc2)CC1. The highest BCUT2D eigenvalue weighted by atomic mass is 16.2. The van der Waals surface area contributed by atoms with Crippen molar-refractivity contribution in [2.45, 2.75) is 24.8 Å². The molecule has 0 radical (unpaired) electrons. The van der Waals surface area contributed by atoms with E-state index < -0.39 is 0 Å². The van der Waals surface area contributed by atoms with E-state index >= 15 is 0 Å². The Hall–Kier alpha value is -2.17. The maximum atomic E-state index is 12.4. The van der Waals surface area contributed by atoms with E-state index in [2.05, 4.69) is 75.8 Å². The van der Waals surface area contributed by atoms with Crippen LogP contribution in [0.15, 0.2) is 60.7 Å². The fourth-order valence-corrected chi connectivity index (χ4v) is 3.98. The topological polar surface area (TPSA) is 35.6 Å². The number of amides is 1. The Labute approximate surface area is 162 Å². The average Bonchev–Trinajstić information content (AvgIpc) is 3.51. The lowest BCUT2D eigenvalue weighted by atomic mass is 9.96. The summed E-state index contributed by atoms with van der Waals surface area (Å²) < 4.78 is 0. The third kappa shape index (κ3) is 4.76. The number of carbonyl (C=O) groups is 1. The predicted octanol–water partition coefficient (Wildman–Crippen LogP) is 2.65. The van der Waals surface area contributed by atoms with Crippen molar-refractivity contribution < 1.29 is 4.79 Å². The van der Waals surface area contributed by atoms with E-state index in [1.165, 1.54) is 24.0 Å². The number of hydrogen-bond acceptors (Lipinski definition) is 3. The molecule has 4 nitrogen and oxygen atoms in total. The fourth-order valence-electron chi connectivity index (χ4n) is 3.98. The maximum absolute atomic E-state index is 12.4. The second-order valence-electron chi connectivity index (χ2n) is 7.96. The molecule has 0 spiro atoms. The van der Waals surface area contributed by atoms with Crippen LogP contribution in [-0.2, 0) is 16.8 Å². The van der Waals surface area contributed by atoms with Gasteiger partial charge < -0.3 is 5.32 Å². The zero-order chi connectivity index (χ0) is 18.5. The van der Waals surface area contributed by atoms with E-state index in [-0.39, 0.29) is 11.3 Å². The van der Waals surface area contributed by atoms with Crippen LogP contribution >= 0.6 is 0 Å². The third-order valence-corrected chi connectivity index (χ3v) is 5.94. The number of nitrogens with one attached hydrogen (secondary N) is 1. The summed E-state index contributed by atoms with van der Waals surface area (Å²) in [5, 5.41) is 3.19. The van der Waals surface area contributed by atoms with Gasteiger partial charge in [0.15, 0.2) is 0 Å². The van der Waals surface area contributed by atoms with Crippen molar-refractivity contribution in [1.82, 2.24) is 15.1 Å². The van der Waals surface area contributed by atoms with Crippen molar-refractivity contribution in [1.29, 1.82) is 0 Å². The normalized spacial score (nSPS) is 19.6. The monoisotopic (exact) mass is 363 g/mol. The molecular weight excluding hydrogens is 334 g/mol. The molecule has 2 aromatic rings. The lowest BCUT2D eigenvalue weighted by Crippen LogP contribution is -2.49. The molecule has 4 rings (SSSR count). The quantitative estimate of drug-likeness (QED) is 0.821.